The number of benzene rings is 2. The number of nitrogens with zero attached hydrogens (tertiary/aromatic N) is 4. The van der Waals surface area contributed by atoms with Crippen LogP contribution in [0.1, 0.15) is 41.0 Å². The van der Waals surface area contributed by atoms with Crippen LogP contribution in [0.2, 0.25) is 5.02 Å². The zero-order chi connectivity index (χ0) is 41.4. The number of nitrogens with two attached hydrogens (primary N) is 1. The first-order chi connectivity index (χ1) is 26.2. The topological polar surface area (TPSA) is 257 Å². The van der Waals surface area contributed by atoms with Gasteiger partial charge in [0.05, 0.1) is 21.2 Å². The van der Waals surface area contributed by atoms with Gasteiger partial charge in [-0.05, 0) is 66.1 Å². The smallest absolute Gasteiger partial charge is 0.417 e. The zero-order valence-corrected chi connectivity index (χ0v) is 31.0. The zero-order valence-electron chi connectivity index (χ0n) is 29.5. The molecule has 0 spiro atoms. The second-order valence-corrected chi connectivity index (χ2v) is 14.7. The number of carboxylic acid groups (broad SMARTS) is 1. The van der Waals surface area contributed by atoms with Gasteiger partial charge in [-0.3, -0.25) is 29.0 Å². The summed E-state index contributed by atoms with van der Waals surface area (Å²) in [5, 5.41) is 24.4. The van der Waals surface area contributed by atoms with E-state index in [9.17, 15) is 50.7 Å². The van der Waals surface area contributed by atoms with Crippen LogP contribution in [0.25, 0.3) is 0 Å². The summed E-state index contributed by atoms with van der Waals surface area (Å²) in [4.78, 5) is 66.5. The molecule has 7 N–H and O–H groups in total. The lowest BCUT2D eigenvalue weighted by molar-refractivity contribution is -0.139. The maximum Gasteiger partial charge on any atom is 0.417 e. The van der Waals surface area contributed by atoms with Crippen molar-refractivity contribution in [2.75, 3.05) is 5.32 Å². The summed E-state index contributed by atoms with van der Waals surface area (Å²) in [7, 11) is -4.81. The van der Waals surface area contributed by atoms with Crippen molar-refractivity contribution in [1.29, 1.82) is 0 Å². The summed E-state index contributed by atoms with van der Waals surface area (Å²) in [6.45, 7) is 2.85. The number of carbonyl (C=O) groups excluding carboxylic acids is 4. The molecule has 0 unspecified atom stereocenters. The Hall–Kier alpha value is -5.93. The van der Waals surface area contributed by atoms with Gasteiger partial charge in [-0.15, -0.1) is 5.10 Å². The van der Waals surface area contributed by atoms with Crippen LogP contribution < -0.4 is 26.4 Å². The average molecular weight is 822 g/mol. The number of pyridine rings is 1. The molecule has 3 atom stereocenters. The van der Waals surface area contributed by atoms with Crippen molar-refractivity contribution in [2.24, 2.45) is 11.7 Å². The summed E-state index contributed by atoms with van der Waals surface area (Å²) in [5.74, 6) is -4.81. The van der Waals surface area contributed by atoms with E-state index in [1.165, 1.54) is 36.7 Å². The number of anilines is 1. The van der Waals surface area contributed by atoms with Crippen molar-refractivity contribution in [3.05, 3.63) is 101 Å². The number of aliphatic carboxylic acids is 1. The fourth-order valence-corrected chi connectivity index (χ4v) is 6.56. The molecule has 0 aliphatic carbocycles. The summed E-state index contributed by atoms with van der Waals surface area (Å²) >= 11 is 5.57. The Labute approximate surface area is 322 Å². The standard InChI is InChI=1S/C34H35ClF3N9O8S/c1-18(2)29(32(51)41-21-5-3-20(4-6-21)30(39)49)43-31(50)26(13-19-9-11-40-12-10-19)42-28(48)17-47-16-22(44-46-47)14-27(33(52)53)45-56(54,55)23-7-8-25(35)24(15-23)34(36,37)38/h3-12,15-16,18,26-27,29,45H,13-14,17H2,1-2H3,(H2,39,49)(H,41,51)(H,42,48)(H,43,50)(H,52,53)/t26-,27-,29-/m0/s1. The van der Waals surface area contributed by atoms with Gasteiger partial charge in [0, 0.05) is 42.7 Å². The number of carboxylic acids is 1. The van der Waals surface area contributed by atoms with Crippen LogP contribution in [0.4, 0.5) is 18.9 Å². The van der Waals surface area contributed by atoms with E-state index in [2.05, 4.69) is 31.2 Å². The molecule has 0 fully saturated rings. The minimum atomic E-state index is -4.99. The predicted molar refractivity (Wildman–Crippen MR) is 192 cm³/mol. The van der Waals surface area contributed by atoms with Gasteiger partial charge in [-0.2, -0.15) is 17.9 Å². The van der Waals surface area contributed by atoms with Crippen molar-refractivity contribution >= 4 is 56.9 Å². The molecule has 2 aromatic heterocycles. The number of sulfonamides is 1. The molecule has 0 saturated carbocycles. The highest BCUT2D eigenvalue weighted by molar-refractivity contribution is 7.89. The molecule has 2 aromatic carbocycles. The Morgan fingerprint density at radius 2 is 1.59 bits per heavy atom. The van der Waals surface area contributed by atoms with Gasteiger partial charge >= 0.3 is 12.1 Å². The molecule has 298 valence electrons. The van der Waals surface area contributed by atoms with Gasteiger partial charge in [-0.25, -0.2) is 13.1 Å². The fourth-order valence-electron chi connectivity index (χ4n) is 5.12. The van der Waals surface area contributed by atoms with Crippen LogP contribution in [-0.2, 0) is 54.8 Å². The first kappa shape index (κ1) is 42.8. The molecule has 0 radical (unpaired) electrons. The lowest BCUT2D eigenvalue weighted by atomic mass is 10.0. The van der Waals surface area contributed by atoms with Crippen LogP contribution in [0.3, 0.4) is 0 Å². The third-order valence-electron chi connectivity index (χ3n) is 7.98. The van der Waals surface area contributed by atoms with Crippen molar-refractivity contribution in [3.63, 3.8) is 0 Å². The van der Waals surface area contributed by atoms with Gasteiger partial charge < -0.3 is 26.8 Å². The van der Waals surface area contributed by atoms with Crippen LogP contribution in [-0.4, -0.2) is 81.2 Å². The number of alkyl halides is 3. The Kier molecular flexibility index (Phi) is 13.9. The predicted octanol–water partition coefficient (Wildman–Crippen LogP) is 1.93. The maximum absolute atomic E-state index is 13.6. The Balaban J connectivity index is 1.45. The Morgan fingerprint density at radius 1 is 0.929 bits per heavy atom. The molecule has 4 aromatic rings. The Bertz CT molecular complexity index is 2190. The highest BCUT2D eigenvalue weighted by Crippen LogP contribution is 2.36. The lowest BCUT2D eigenvalue weighted by Gasteiger charge is -2.25. The number of hydrogen-bond acceptors (Lipinski definition) is 10. The monoisotopic (exact) mass is 821 g/mol. The van der Waals surface area contributed by atoms with Crippen molar-refractivity contribution in [3.8, 4) is 0 Å². The van der Waals surface area contributed by atoms with Crippen LogP contribution in [0, 0.1) is 5.92 Å². The molecule has 17 nitrogen and oxygen atoms in total. The minimum absolute atomic E-state index is 0.0256. The molecule has 0 bridgehead atoms. The van der Waals surface area contributed by atoms with Gasteiger partial charge in [0.15, 0.2) is 0 Å². The van der Waals surface area contributed by atoms with Gasteiger partial charge in [-0.1, -0.05) is 30.7 Å². The summed E-state index contributed by atoms with van der Waals surface area (Å²) in [6.07, 6.45) is -1.54. The van der Waals surface area contributed by atoms with Crippen molar-refractivity contribution in [1.82, 2.24) is 35.3 Å². The third-order valence-corrected chi connectivity index (χ3v) is 9.78. The summed E-state index contributed by atoms with van der Waals surface area (Å²) in [5.41, 5.74) is 4.89. The molecule has 0 aliphatic rings. The van der Waals surface area contributed by atoms with Crippen LogP contribution in [0.5, 0.6) is 0 Å². The molecule has 4 amide bonds. The molecule has 0 aliphatic heterocycles. The van der Waals surface area contributed by atoms with E-state index in [-0.39, 0.29) is 23.7 Å². The van der Waals surface area contributed by atoms with E-state index in [1.807, 2.05) is 4.72 Å². The lowest BCUT2D eigenvalue weighted by Crippen LogP contribution is -2.55. The first-order valence-electron chi connectivity index (χ1n) is 16.4. The SMILES string of the molecule is CC(C)[C@H](NC(=O)[C@H](Cc1ccncc1)NC(=O)Cn1cc(C[C@H](NS(=O)(=O)c2ccc(Cl)c(C(F)(F)F)c2)C(=O)O)nn1)C(=O)Nc1ccc(C(N)=O)cc1. The van der Waals surface area contributed by atoms with E-state index in [0.717, 1.165) is 16.9 Å². The number of amides is 4. The highest BCUT2D eigenvalue weighted by Gasteiger charge is 2.36. The van der Waals surface area contributed by atoms with E-state index >= 15 is 0 Å². The number of carbonyl (C=O) groups is 5. The molecule has 2 heterocycles. The summed E-state index contributed by atoms with van der Waals surface area (Å²) < 4.78 is 68.5. The second kappa shape index (κ2) is 18.1. The average Bonchev–Trinajstić information content (AvgIpc) is 3.56. The molecule has 22 heteroatoms. The number of aromatic nitrogens is 4. The second-order valence-electron chi connectivity index (χ2n) is 12.6. The van der Waals surface area contributed by atoms with Gasteiger partial charge in [0.1, 0.15) is 24.7 Å². The minimum Gasteiger partial charge on any atom is -0.480 e. The van der Waals surface area contributed by atoms with E-state index in [4.69, 9.17) is 17.3 Å². The first-order valence-corrected chi connectivity index (χ1v) is 18.3. The van der Waals surface area contributed by atoms with Crippen molar-refractivity contribution in [2.45, 2.75) is 62.4 Å². The van der Waals surface area contributed by atoms with Crippen LogP contribution >= 0.6 is 11.6 Å². The number of halogens is 4. The van der Waals surface area contributed by atoms with E-state index < -0.39 is 98.3 Å². The van der Waals surface area contributed by atoms with E-state index in [1.54, 1.807) is 26.0 Å². The highest BCUT2D eigenvalue weighted by atomic mass is 35.5. The maximum atomic E-state index is 13.6. The molecule has 0 saturated heterocycles. The fraction of sp³-hybridized carbons (Fsp3) is 0.294. The molecule has 4 rings (SSSR count). The normalized spacial score (nSPS) is 13.3. The van der Waals surface area contributed by atoms with E-state index in [0.29, 0.717) is 17.3 Å². The molecular weight excluding hydrogens is 787 g/mol. The number of rotatable bonds is 17. The molecular formula is C34H35ClF3N9O8S. The van der Waals surface area contributed by atoms with Crippen LogP contribution in [0.15, 0.2) is 78.1 Å². The molecule has 56 heavy (non-hydrogen) atoms. The van der Waals surface area contributed by atoms with Gasteiger partial charge in [0.2, 0.25) is 33.7 Å². The summed E-state index contributed by atoms with van der Waals surface area (Å²) in [6, 6.07) is 6.57. The number of hydrogen-bond donors (Lipinski definition) is 6. The third kappa shape index (κ3) is 11.8. The number of primary amides is 1. The largest absolute Gasteiger partial charge is 0.480 e. The van der Waals surface area contributed by atoms with Gasteiger partial charge in [0.25, 0.3) is 0 Å². The number of nitrogens with one attached hydrogen (secondary N) is 4. The van der Waals surface area contributed by atoms with Crippen molar-refractivity contribution < 1.29 is 50.7 Å². The quantitative estimate of drug-likeness (QED) is 0.0897. The Morgan fingerprint density at radius 3 is 2.18 bits per heavy atom.